The third kappa shape index (κ3) is 2.16. The van der Waals surface area contributed by atoms with Gasteiger partial charge in [-0.05, 0) is 40.3 Å². The van der Waals surface area contributed by atoms with Gasteiger partial charge < -0.3 is 0 Å². The number of nitrogens with zero attached hydrogens (tertiary/aromatic N) is 1. The highest BCUT2D eigenvalue weighted by Crippen LogP contribution is 2.49. The van der Waals surface area contributed by atoms with Gasteiger partial charge in [0, 0.05) is 21.2 Å². The molecule has 3 nitrogen and oxygen atoms in total. The van der Waals surface area contributed by atoms with Crippen molar-refractivity contribution in [2.45, 2.75) is 9.79 Å². The van der Waals surface area contributed by atoms with Crippen LogP contribution < -0.4 is 0 Å². The molecule has 0 radical (unpaired) electrons. The van der Waals surface area contributed by atoms with Crippen LogP contribution in [0.1, 0.15) is 0 Å². The molecule has 0 bridgehead atoms. The summed E-state index contributed by atoms with van der Waals surface area (Å²) in [6, 6.07) is 25.6. The van der Waals surface area contributed by atoms with Crippen molar-refractivity contribution in [2.75, 3.05) is 0 Å². The lowest BCUT2D eigenvalue weighted by Crippen LogP contribution is -1.96. The molecule has 0 aliphatic carbocycles. The van der Waals surface area contributed by atoms with E-state index in [0.717, 1.165) is 10.9 Å². The summed E-state index contributed by atoms with van der Waals surface area (Å²) in [5, 5.41) is 13.7. The zero-order chi connectivity index (χ0) is 17.7. The van der Waals surface area contributed by atoms with E-state index in [1.165, 1.54) is 26.3 Å². The minimum absolute atomic E-state index is 0.136. The summed E-state index contributed by atoms with van der Waals surface area (Å²) < 4.78 is 0. The van der Waals surface area contributed by atoms with Crippen LogP contribution in [0.4, 0.5) is 5.69 Å². The van der Waals surface area contributed by atoms with Gasteiger partial charge in [-0.3, -0.25) is 10.1 Å². The van der Waals surface area contributed by atoms with Crippen molar-refractivity contribution >= 4 is 28.2 Å². The van der Waals surface area contributed by atoms with E-state index < -0.39 is 0 Å². The first kappa shape index (κ1) is 15.2. The quantitative estimate of drug-likeness (QED) is 0.266. The van der Waals surface area contributed by atoms with Crippen LogP contribution in [0, 0.1) is 10.1 Å². The van der Waals surface area contributed by atoms with Gasteiger partial charge >= 0.3 is 0 Å². The van der Waals surface area contributed by atoms with Crippen LogP contribution in [-0.4, -0.2) is 4.92 Å². The molecule has 0 spiro atoms. The summed E-state index contributed by atoms with van der Waals surface area (Å²) in [5.41, 5.74) is 4.10. The zero-order valence-electron chi connectivity index (χ0n) is 13.7. The number of nitro groups is 1. The Kier molecular flexibility index (Phi) is 3.33. The fourth-order valence-electron chi connectivity index (χ4n) is 3.67. The average molecular weight is 355 g/mol. The predicted octanol–water partition coefficient (Wildman–Crippen LogP) is 6.55. The normalized spacial score (nSPS) is 12.0. The molecular formula is C22H13NO2S. The highest BCUT2D eigenvalue weighted by Gasteiger charge is 2.22. The minimum Gasteiger partial charge on any atom is -0.258 e. The number of nitro benzene ring substituents is 1. The molecule has 0 fully saturated rings. The van der Waals surface area contributed by atoms with Gasteiger partial charge in [0.2, 0.25) is 0 Å². The molecule has 5 rings (SSSR count). The van der Waals surface area contributed by atoms with Crippen molar-refractivity contribution < 1.29 is 4.92 Å². The summed E-state index contributed by atoms with van der Waals surface area (Å²) in [5.74, 6) is 0. The fourth-order valence-corrected chi connectivity index (χ4v) is 4.81. The first-order chi connectivity index (χ1) is 12.7. The number of hydrogen-bond acceptors (Lipinski definition) is 3. The van der Waals surface area contributed by atoms with Gasteiger partial charge in [-0.1, -0.05) is 66.4 Å². The molecule has 4 aromatic rings. The molecule has 4 aromatic carbocycles. The molecule has 0 unspecified atom stereocenters. The number of rotatable bonds is 2. The van der Waals surface area contributed by atoms with Crippen LogP contribution in [0.5, 0.6) is 0 Å². The molecule has 0 aromatic heterocycles. The Bertz CT molecular complexity index is 1200. The lowest BCUT2D eigenvalue weighted by Gasteiger charge is -2.21. The van der Waals surface area contributed by atoms with Gasteiger partial charge in [0.25, 0.3) is 5.69 Å². The van der Waals surface area contributed by atoms with Gasteiger partial charge in [0.15, 0.2) is 0 Å². The van der Waals surface area contributed by atoms with E-state index in [9.17, 15) is 10.1 Å². The first-order valence-electron chi connectivity index (χ1n) is 8.31. The van der Waals surface area contributed by atoms with Crippen molar-refractivity contribution in [3.63, 3.8) is 0 Å². The first-order valence-corrected chi connectivity index (χ1v) is 9.12. The zero-order valence-corrected chi connectivity index (χ0v) is 14.5. The molecule has 0 saturated carbocycles. The van der Waals surface area contributed by atoms with Crippen LogP contribution in [-0.2, 0) is 0 Å². The Morgan fingerprint density at radius 1 is 0.654 bits per heavy atom. The number of para-hydroxylation sites is 1. The Labute approximate surface area is 154 Å². The summed E-state index contributed by atoms with van der Waals surface area (Å²) in [4.78, 5) is 13.6. The van der Waals surface area contributed by atoms with E-state index >= 15 is 0 Å². The second-order valence-electron chi connectivity index (χ2n) is 6.21. The largest absolute Gasteiger partial charge is 0.277 e. The molecule has 1 aliphatic heterocycles. The number of fused-ring (bicyclic) bond motifs is 2. The standard InChI is InChI=1S/C22H13NO2S/c24-23(25)19-9-3-1-6-15(19)14-12-13-18-16-7-2-4-10-20(16)26-21-11-5-8-17(14)22(18)21/h1-13H. The van der Waals surface area contributed by atoms with Gasteiger partial charge in [-0.15, -0.1) is 0 Å². The number of hydrogen-bond donors (Lipinski definition) is 0. The highest BCUT2D eigenvalue weighted by molar-refractivity contribution is 7.99. The smallest absolute Gasteiger partial charge is 0.258 e. The van der Waals surface area contributed by atoms with Crippen LogP contribution in [0.3, 0.4) is 0 Å². The third-order valence-corrected chi connectivity index (χ3v) is 5.93. The Hall–Kier alpha value is -3.11. The lowest BCUT2D eigenvalue weighted by atomic mass is 9.91. The molecule has 4 heteroatoms. The summed E-state index contributed by atoms with van der Waals surface area (Å²) >= 11 is 1.76. The van der Waals surface area contributed by atoms with Crippen molar-refractivity contribution in [1.29, 1.82) is 0 Å². The van der Waals surface area contributed by atoms with Crippen LogP contribution in [0.15, 0.2) is 88.7 Å². The number of benzene rings is 4. The third-order valence-electron chi connectivity index (χ3n) is 4.79. The lowest BCUT2D eigenvalue weighted by molar-refractivity contribution is -0.384. The molecule has 124 valence electrons. The van der Waals surface area contributed by atoms with Crippen molar-refractivity contribution in [3.05, 3.63) is 89.0 Å². The monoisotopic (exact) mass is 355 g/mol. The van der Waals surface area contributed by atoms with E-state index in [-0.39, 0.29) is 10.6 Å². The Morgan fingerprint density at radius 3 is 2.19 bits per heavy atom. The van der Waals surface area contributed by atoms with E-state index in [1.807, 2.05) is 24.3 Å². The van der Waals surface area contributed by atoms with Crippen LogP contribution >= 0.6 is 11.8 Å². The summed E-state index contributed by atoms with van der Waals surface area (Å²) in [6.45, 7) is 0. The molecular weight excluding hydrogens is 342 g/mol. The van der Waals surface area contributed by atoms with Gasteiger partial charge in [-0.2, -0.15) is 0 Å². The summed E-state index contributed by atoms with van der Waals surface area (Å²) in [6.07, 6.45) is 0. The second-order valence-corrected chi connectivity index (χ2v) is 7.30. The van der Waals surface area contributed by atoms with Crippen molar-refractivity contribution in [2.24, 2.45) is 0 Å². The maximum absolute atomic E-state index is 11.5. The highest BCUT2D eigenvalue weighted by atomic mass is 32.2. The molecule has 26 heavy (non-hydrogen) atoms. The Morgan fingerprint density at radius 2 is 1.35 bits per heavy atom. The van der Waals surface area contributed by atoms with Crippen molar-refractivity contribution in [3.8, 4) is 22.3 Å². The van der Waals surface area contributed by atoms with E-state index in [4.69, 9.17) is 0 Å². The predicted molar refractivity (Wildman–Crippen MR) is 106 cm³/mol. The molecule has 0 saturated heterocycles. The average Bonchev–Trinajstić information content (AvgIpc) is 2.68. The molecule has 0 N–H and O–H groups in total. The second kappa shape index (κ2) is 5.71. The molecule has 1 aliphatic rings. The topological polar surface area (TPSA) is 43.1 Å². The molecule has 0 atom stereocenters. The van der Waals surface area contributed by atoms with Crippen LogP contribution in [0.2, 0.25) is 0 Å². The van der Waals surface area contributed by atoms with E-state index in [2.05, 4.69) is 42.5 Å². The molecule has 1 heterocycles. The SMILES string of the molecule is O=[N+]([O-])c1ccccc1-c1ccc2c3c(cccc13)Sc1ccccc1-2. The Balaban J connectivity index is 1.86. The minimum atomic E-state index is -0.311. The maximum Gasteiger partial charge on any atom is 0.277 e. The molecule has 0 amide bonds. The fraction of sp³-hybridized carbons (Fsp3) is 0. The van der Waals surface area contributed by atoms with Gasteiger partial charge in [-0.25, -0.2) is 0 Å². The van der Waals surface area contributed by atoms with Gasteiger partial charge in [0.1, 0.15) is 0 Å². The van der Waals surface area contributed by atoms with Gasteiger partial charge in [0.05, 0.1) is 10.5 Å². The summed E-state index contributed by atoms with van der Waals surface area (Å²) in [7, 11) is 0. The van der Waals surface area contributed by atoms with E-state index in [0.29, 0.717) is 5.56 Å². The maximum atomic E-state index is 11.5. The van der Waals surface area contributed by atoms with E-state index in [1.54, 1.807) is 23.9 Å². The van der Waals surface area contributed by atoms with Crippen LogP contribution in [0.25, 0.3) is 33.0 Å². The van der Waals surface area contributed by atoms with Crippen molar-refractivity contribution in [1.82, 2.24) is 0 Å².